The molecular weight excluding hydrogens is 223 g/mol. The van der Waals surface area contributed by atoms with Gasteiger partial charge in [0.05, 0.1) is 0 Å². The lowest BCUT2D eigenvalue weighted by Gasteiger charge is -2.10. The Labute approximate surface area is 84.0 Å². The zero-order chi connectivity index (χ0) is 9.90. The van der Waals surface area contributed by atoms with Gasteiger partial charge in [-0.1, -0.05) is 12.1 Å². The third kappa shape index (κ3) is 3.71. The molecule has 0 aliphatic carbocycles. The van der Waals surface area contributed by atoms with Gasteiger partial charge in [-0.25, -0.2) is 0 Å². The third-order valence-corrected chi connectivity index (χ3v) is 1.20. The first-order valence-electron chi connectivity index (χ1n) is 3.24. The van der Waals surface area contributed by atoms with E-state index in [9.17, 15) is 13.2 Å². The number of hydrogen-bond donors (Lipinski definition) is 1. The number of rotatable bonds is 2. The molecule has 0 atom stereocenters. The van der Waals surface area contributed by atoms with Crippen molar-refractivity contribution in [2.24, 2.45) is 5.90 Å². The Morgan fingerprint density at radius 2 is 1.57 bits per heavy atom. The number of benzene rings is 1. The normalized spacial score (nSPS) is 10.3. The highest BCUT2D eigenvalue weighted by Gasteiger charge is 2.32. The Balaban J connectivity index is 0.00000169. The van der Waals surface area contributed by atoms with E-state index in [0.29, 0.717) is 0 Å². The monoisotopic (exact) mass is 229 g/mol. The predicted molar refractivity (Wildman–Crippen MR) is 45.2 cm³/mol. The van der Waals surface area contributed by atoms with E-state index in [1.54, 1.807) is 0 Å². The van der Waals surface area contributed by atoms with Gasteiger partial charge in [0.2, 0.25) is 0 Å². The number of ether oxygens (including phenoxy) is 1. The molecule has 0 fully saturated rings. The zero-order valence-electron chi connectivity index (χ0n) is 6.75. The van der Waals surface area contributed by atoms with Crippen molar-refractivity contribution in [2.75, 3.05) is 0 Å². The Morgan fingerprint density at radius 1 is 1.07 bits per heavy atom. The zero-order valence-corrected chi connectivity index (χ0v) is 7.56. The van der Waals surface area contributed by atoms with Crippen LogP contribution in [0, 0.1) is 0 Å². The number of alkyl halides is 3. The van der Waals surface area contributed by atoms with Crippen LogP contribution in [-0.4, -0.2) is 6.36 Å². The summed E-state index contributed by atoms with van der Waals surface area (Å²) in [4.78, 5) is 4.17. The largest absolute Gasteiger partial charge is 0.573 e. The lowest BCUT2D eigenvalue weighted by Crippen LogP contribution is -2.18. The second kappa shape index (κ2) is 4.92. The summed E-state index contributed by atoms with van der Waals surface area (Å²) in [7, 11) is 0. The molecule has 0 heterocycles. The molecule has 80 valence electrons. The van der Waals surface area contributed by atoms with Crippen molar-refractivity contribution >= 4 is 12.4 Å². The van der Waals surface area contributed by atoms with Crippen molar-refractivity contribution < 1.29 is 22.7 Å². The fourth-order valence-electron chi connectivity index (χ4n) is 0.757. The van der Waals surface area contributed by atoms with E-state index in [0.717, 1.165) is 6.07 Å². The van der Waals surface area contributed by atoms with Gasteiger partial charge >= 0.3 is 6.36 Å². The van der Waals surface area contributed by atoms with E-state index in [1.807, 2.05) is 0 Å². The summed E-state index contributed by atoms with van der Waals surface area (Å²) in [6.45, 7) is 0. The van der Waals surface area contributed by atoms with Crippen molar-refractivity contribution in [3.8, 4) is 11.5 Å². The molecule has 0 aliphatic rings. The molecule has 0 unspecified atom stereocenters. The van der Waals surface area contributed by atoms with Crippen LogP contribution in [0.15, 0.2) is 24.3 Å². The van der Waals surface area contributed by atoms with Crippen LogP contribution < -0.4 is 15.5 Å². The Bertz CT molecular complexity index is 293. The van der Waals surface area contributed by atoms with Crippen LogP contribution in [0.4, 0.5) is 13.2 Å². The molecule has 14 heavy (non-hydrogen) atoms. The maximum atomic E-state index is 11.7. The molecule has 0 spiro atoms. The molecule has 0 amide bonds. The SMILES string of the molecule is Cl.NOc1ccccc1OC(F)(F)F. The second-order valence-electron chi connectivity index (χ2n) is 2.11. The minimum absolute atomic E-state index is 0. The van der Waals surface area contributed by atoms with Crippen LogP contribution in [-0.2, 0) is 0 Å². The van der Waals surface area contributed by atoms with Crippen molar-refractivity contribution in [3.63, 3.8) is 0 Å². The van der Waals surface area contributed by atoms with E-state index >= 15 is 0 Å². The van der Waals surface area contributed by atoms with Crippen LogP contribution in [0.3, 0.4) is 0 Å². The molecule has 1 rings (SSSR count). The van der Waals surface area contributed by atoms with Crippen LogP contribution in [0.2, 0.25) is 0 Å². The van der Waals surface area contributed by atoms with Gasteiger partial charge in [0, 0.05) is 0 Å². The number of nitrogens with two attached hydrogens (primary N) is 1. The Kier molecular flexibility index (Phi) is 4.52. The maximum absolute atomic E-state index is 11.7. The summed E-state index contributed by atoms with van der Waals surface area (Å²) in [5.41, 5.74) is 0. The van der Waals surface area contributed by atoms with Crippen LogP contribution >= 0.6 is 12.4 Å². The third-order valence-electron chi connectivity index (χ3n) is 1.20. The molecule has 2 N–H and O–H groups in total. The average Bonchev–Trinajstić information content (AvgIpc) is 2.02. The standard InChI is InChI=1S/C7H6F3NO2.ClH/c8-7(9,10)12-5-3-1-2-4-6(5)13-11;/h1-4H,11H2;1H. The van der Waals surface area contributed by atoms with Gasteiger partial charge in [0.15, 0.2) is 11.5 Å². The first-order valence-corrected chi connectivity index (χ1v) is 3.24. The first-order chi connectivity index (χ1) is 6.03. The van der Waals surface area contributed by atoms with Crippen molar-refractivity contribution in [3.05, 3.63) is 24.3 Å². The highest BCUT2D eigenvalue weighted by atomic mass is 35.5. The van der Waals surface area contributed by atoms with Gasteiger partial charge in [0.25, 0.3) is 0 Å². The summed E-state index contributed by atoms with van der Waals surface area (Å²) >= 11 is 0. The topological polar surface area (TPSA) is 44.5 Å². The van der Waals surface area contributed by atoms with Gasteiger partial charge in [0.1, 0.15) is 0 Å². The van der Waals surface area contributed by atoms with Crippen molar-refractivity contribution in [1.82, 2.24) is 0 Å². The van der Waals surface area contributed by atoms with Crippen molar-refractivity contribution in [1.29, 1.82) is 0 Å². The van der Waals surface area contributed by atoms with Gasteiger partial charge in [-0.05, 0) is 12.1 Å². The highest BCUT2D eigenvalue weighted by molar-refractivity contribution is 5.85. The summed E-state index contributed by atoms with van der Waals surface area (Å²) in [5, 5.41) is 0. The number of para-hydroxylation sites is 2. The summed E-state index contributed by atoms with van der Waals surface area (Å²) in [5.74, 6) is 4.09. The van der Waals surface area contributed by atoms with E-state index in [2.05, 4.69) is 9.57 Å². The lowest BCUT2D eigenvalue weighted by atomic mass is 10.3. The minimum atomic E-state index is -4.74. The number of halogens is 4. The molecule has 0 bridgehead atoms. The molecule has 7 heteroatoms. The van der Waals surface area contributed by atoms with E-state index in [1.165, 1.54) is 18.2 Å². The quantitative estimate of drug-likeness (QED) is 0.791. The second-order valence-corrected chi connectivity index (χ2v) is 2.11. The molecule has 0 saturated carbocycles. The Hall–Kier alpha value is -1.14. The van der Waals surface area contributed by atoms with E-state index in [4.69, 9.17) is 5.90 Å². The molecule has 0 aliphatic heterocycles. The first kappa shape index (κ1) is 12.9. The van der Waals surface area contributed by atoms with E-state index in [-0.39, 0.29) is 18.2 Å². The average molecular weight is 230 g/mol. The predicted octanol–water partition coefficient (Wildman–Crippen LogP) is 2.26. The molecule has 3 nitrogen and oxygen atoms in total. The molecular formula is C7H7ClF3NO2. The maximum Gasteiger partial charge on any atom is 0.573 e. The van der Waals surface area contributed by atoms with Crippen LogP contribution in [0.1, 0.15) is 0 Å². The van der Waals surface area contributed by atoms with Crippen LogP contribution in [0.5, 0.6) is 11.5 Å². The van der Waals surface area contributed by atoms with Gasteiger partial charge < -0.3 is 9.57 Å². The molecule has 1 aromatic carbocycles. The van der Waals surface area contributed by atoms with E-state index < -0.39 is 12.1 Å². The molecule has 1 aromatic rings. The Morgan fingerprint density at radius 3 is 2.00 bits per heavy atom. The van der Waals surface area contributed by atoms with Gasteiger partial charge in [-0.2, -0.15) is 5.90 Å². The fourth-order valence-corrected chi connectivity index (χ4v) is 0.757. The van der Waals surface area contributed by atoms with Crippen molar-refractivity contribution in [2.45, 2.75) is 6.36 Å². The van der Waals surface area contributed by atoms with Gasteiger partial charge in [-0.15, -0.1) is 25.6 Å². The molecule has 0 aromatic heterocycles. The van der Waals surface area contributed by atoms with Crippen LogP contribution in [0.25, 0.3) is 0 Å². The summed E-state index contributed by atoms with van der Waals surface area (Å²) in [6, 6.07) is 5.23. The lowest BCUT2D eigenvalue weighted by molar-refractivity contribution is -0.275. The molecule has 0 saturated heterocycles. The fraction of sp³-hybridized carbons (Fsp3) is 0.143. The molecule has 0 radical (unpaired) electrons. The highest BCUT2D eigenvalue weighted by Crippen LogP contribution is 2.30. The smallest absolute Gasteiger partial charge is 0.408 e. The number of hydrogen-bond acceptors (Lipinski definition) is 3. The summed E-state index contributed by atoms with van der Waals surface area (Å²) < 4.78 is 38.8. The minimum Gasteiger partial charge on any atom is -0.408 e. The summed E-state index contributed by atoms with van der Waals surface area (Å²) in [6.07, 6.45) is -4.74. The van der Waals surface area contributed by atoms with Gasteiger partial charge in [-0.3, -0.25) is 0 Å².